The minimum Gasteiger partial charge on any atom is -0.493 e. The fraction of sp³-hybridized carbons (Fsp3) is 0.639. The first-order chi connectivity index (χ1) is 22.9. The molecule has 7 rings (SSSR count). The Bertz CT molecular complexity index is 1460. The highest BCUT2D eigenvalue weighted by molar-refractivity contribution is 6.06. The number of Topliss-reactive ketones (excluding diaryl/α,β-unsaturated/α-hetero) is 3. The lowest BCUT2D eigenvalue weighted by atomic mass is 9.41. The monoisotopic (exact) mass is 672 g/mol. The summed E-state index contributed by atoms with van der Waals surface area (Å²) in [6, 6.07) is 0. The van der Waals surface area contributed by atoms with E-state index in [1.165, 1.54) is 64.0 Å². The fourth-order valence-corrected chi connectivity index (χ4v) is 9.98. The SMILES string of the molecule is C=CCC1=C[C@]2(OC)C(=O)C(OC)(OC)[C@H]1C[C@@H]2CC1=C[C@]2(OC)C(=O)C(OC)(OC)[C@H]1[C@@H]1C(OC)(OC)C(=O)C(OC)=C[C@@]12CC=C. The lowest BCUT2D eigenvalue weighted by molar-refractivity contribution is -0.331. The van der Waals surface area contributed by atoms with Crippen molar-refractivity contribution in [2.75, 3.05) is 64.0 Å². The van der Waals surface area contributed by atoms with E-state index in [0.717, 1.165) is 5.57 Å². The van der Waals surface area contributed by atoms with Crippen LogP contribution < -0.4 is 0 Å². The van der Waals surface area contributed by atoms with Crippen molar-refractivity contribution >= 4 is 17.3 Å². The van der Waals surface area contributed by atoms with Gasteiger partial charge >= 0.3 is 0 Å². The average molecular weight is 673 g/mol. The van der Waals surface area contributed by atoms with Crippen molar-refractivity contribution in [1.82, 2.24) is 0 Å². The first kappa shape index (κ1) is 36.5. The van der Waals surface area contributed by atoms with Crippen molar-refractivity contribution in [3.63, 3.8) is 0 Å². The van der Waals surface area contributed by atoms with Gasteiger partial charge < -0.3 is 42.6 Å². The average Bonchev–Trinajstić information content (AvgIpc) is 3.10. The second kappa shape index (κ2) is 12.5. The summed E-state index contributed by atoms with van der Waals surface area (Å²) in [5, 5.41) is 0. The van der Waals surface area contributed by atoms with Crippen molar-refractivity contribution in [3.05, 3.63) is 60.4 Å². The number of hydrogen-bond donors (Lipinski definition) is 0. The van der Waals surface area contributed by atoms with Crippen LogP contribution in [0.4, 0.5) is 0 Å². The largest absolute Gasteiger partial charge is 0.493 e. The van der Waals surface area contributed by atoms with Crippen LogP contribution in [0.25, 0.3) is 0 Å². The highest BCUT2D eigenvalue weighted by atomic mass is 16.7. The number of fused-ring (bicyclic) bond motifs is 3. The predicted molar refractivity (Wildman–Crippen MR) is 171 cm³/mol. The van der Waals surface area contributed by atoms with E-state index in [4.69, 9.17) is 42.6 Å². The zero-order valence-electron chi connectivity index (χ0n) is 29.3. The molecule has 7 aliphatic rings. The molecule has 7 aliphatic carbocycles. The Labute approximate surface area is 282 Å². The molecule has 2 saturated carbocycles. The van der Waals surface area contributed by atoms with Gasteiger partial charge in [-0.1, -0.05) is 23.3 Å². The van der Waals surface area contributed by atoms with E-state index in [-0.39, 0.29) is 24.4 Å². The quantitative estimate of drug-likeness (QED) is 0.187. The van der Waals surface area contributed by atoms with Gasteiger partial charge in [-0.2, -0.15) is 0 Å². The zero-order valence-corrected chi connectivity index (χ0v) is 29.3. The van der Waals surface area contributed by atoms with E-state index >= 15 is 0 Å². The second-order valence-corrected chi connectivity index (χ2v) is 13.0. The molecule has 264 valence electrons. The Morgan fingerprint density at radius 1 is 0.708 bits per heavy atom. The number of ether oxygens (including phenoxy) is 9. The molecule has 48 heavy (non-hydrogen) atoms. The van der Waals surface area contributed by atoms with Crippen LogP contribution in [-0.4, -0.2) is 110 Å². The Kier molecular flexibility index (Phi) is 9.50. The summed E-state index contributed by atoms with van der Waals surface area (Å²) in [5.74, 6) is -9.85. The van der Waals surface area contributed by atoms with E-state index in [1.807, 2.05) is 6.08 Å². The molecule has 0 heterocycles. The highest BCUT2D eigenvalue weighted by Crippen LogP contribution is 2.70. The molecule has 2 fully saturated rings. The van der Waals surface area contributed by atoms with Crippen molar-refractivity contribution in [2.24, 2.45) is 29.1 Å². The first-order valence-electron chi connectivity index (χ1n) is 15.9. The molecule has 0 aromatic rings. The van der Waals surface area contributed by atoms with Crippen molar-refractivity contribution in [1.29, 1.82) is 0 Å². The summed E-state index contributed by atoms with van der Waals surface area (Å²) < 4.78 is 54.0. The summed E-state index contributed by atoms with van der Waals surface area (Å²) in [4.78, 5) is 43.6. The first-order valence-corrected chi connectivity index (χ1v) is 15.9. The predicted octanol–water partition coefficient (Wildman–Crippen LogP) is 3.27. The summed E-state index contributed by atoms with van der Waals surface area (Å²) in [5.41, 5.74) is -3.01. The molecule has 0 amide bonds. The molecule has 0 aromatic heterocycles. The van der Waals surface area contributed by atoms with Crippen LogP contribution in [0.2, 0.25) is 0 Å². The molecule has 7 atom stereocenters. The van der Waals surface area contributed by atoms with E-state index < -0.39 is 69.2 Å². The van der Waals surface area contributed by atoms with Crippen molar-refractivity contribution in [3.8, 4) is 0 Å². The van der Waals surface area contributed by atoms with Crippen LogP contribution in [-0.2, 0) is 57.0 Å². The van der Waals surface area contributed by atoms with Gasteiger partial charge in [-0.05, 0) is 43.9 Å². The molecule has 0 radical (unpaired) electrons. The molecular weight excluding hydrogens is 624 g/mol. The van der Waals surface area contributed by atoms with Gasteiger partial charge in [-0.15, -0.1) is 13.2 Å². The van der Waals surface area contributed by atoms with Gasteiger partial charge in [0.05, 0.1) is 13.0 Å². The molecule has 0 saturated heterocycles. The van der Waals surface area contributed by atoms with Gasteiger partial charge in [0, 0.05) is 80.0 Å². The van der Waals surface area contributed by atoms with Crippen LogP contribution >= 0.6 is 0 Å². The van der Waals surface area contributed by atoms with Gasteiger partial charge in [0.15, 0.2) is 17.0 Å². The molecule has 0 spiro atoms. The van der Waals surface area contributed by atoms with Gasteiger partial charge in [-0.3, -0.25) is 14.4 Å². The number of carbonyl (C=O) groups excluding carboxylic acids is 3. The number of methoxy groups -OCH3 is 9. The molecule has 0 N–H and O–H groups in total. The lowest BCUT2D eigenvalue weighted by Crippen LogP contribution is -2.81. The van der Waals surface area contributed by atoms with Crippen LogP contribution in [0.5, 0.6) is 0 Å². The number of ketones is 3. The standard InChI is InChI=1S/C36H48O12/c1-12-14-21-18-32(41-4)23(17-24(21)34(43-6,44-7)29(32)38)16-22-19-33(42-5)30(39)35(45-8,46-9)26(22)27-31(33,15-13-2)20-25(40-3)28(37)36(27,47-10)48-11/h12-13,18-20,23-24,26-27H,1-2,14-17H2,3-11H3/t23-,24-,26+,27-,31-,32+,33-/m0/s1. The van der Waals surface area contributed by atoms with Crippen molar-refractivity contribution < 1.29 is 57.0 Å². The number of hydrogen-bond acceptors (Lipinski definition) is 12. The van der Waals surface area contributed by atoms with Gasteiger partial charge in [0.1, 0.15) is 0 Å². The number of rotatable bonds is 15. The van der Waals surface area contributed by atoms with E-state index in [1.54, 1.807) is 24.3 Å². The molecule has 0 aliphatic heterocycles. The third kappa shape index (κ3) is 4.03. The summed E-state index contributed by atoms with van der Waals surface area (Å²) in [7, 11) is 12.7. The number of carbonyl (C=O) groups is 3. The normalized spacial score (nSPS) is 37.0. The highest BCUT2D eigenvalue weighted by Gasteiger charge is 2.82. The molecule has 12 heteroatoms. The Morgan fingerprint density at radius 3 is 1.79 bits per heavy atom. The second-order valence-electron chi connectivity index (χ2n) is 13.0. The smallest absolute Gasteiger partial charge is 0.256 e. The van der Waals surface area contributed by atoms with E-state index in [0.29, 0.717) is 18.4 Å². The van der Waals surface area contributed by atoms with Crippen LogP contribution in [0.3, 0.4) is 0 Å². The van der Waals surface area contributed by atoms with Gasteiger partial charge in [-0.25, -0.2) is 0 Å². The maximum absolute atomic E-state index is 14.9. The Balaban J connectivity index is 1.81. The summed E-state index contributed by atoms with van der Waals surface area (Å²) >= 11 is 0. The number of allylic oxidation sites excluding steroid dienone is 2. The van der Waals surface area contributed by atoms with Crippen LogP contribution in [0.15, 0.2) is 60.4 Å². The van der Waals surface area contributed by atoms with Gasteiger partial charge in [0.2, 0.25) is 28.9 Å². The third-order valence-corrected chi connectivity index (χ3v) is 11.9. The van der Waals surface area contributed by atoms with E-state index in [2.05, 4.69) is 13.2 Å². The molecule has 4 bridgehead atoms. The van der Waals surface area contributed by atoms with E-state index in [9.17, 15) is 14.4 Å². The minimum absolute atomic E-state index is 0.0483. The summed E-state index contributed by atoms with van der Waals surface area (Å²) in [6.45, 7) is 7.91. The third-order valence-electron chi connectivity index (χ3n) is 11.9. The molecular formula is C36H48O12. The maximum Gasteiger partial charge on any atom is 0.256 e. The maximum atomic E-state index is 14.9. The lowest BCUT2D eigenvalue weighted by Gasteiger charge is -2.68. The topological polar surface area (TPSA) is 134 Å². The van der Waals surface area contributed by atoms with Crippen molar-refractivity contribution in [2.45, 2.75) is 54.2 Å². The molecule has 12 nitrogen and oxygen atoms in total. The van der Waals surface area contributed by atoms with Gasteiger partial charge in [0.25, 0.3) is 5.78 Å². The fourth-order valence-electron chi connectivity index (χ4n) is 9.98. The Hall–Kier alpha value is -2.81. The zero-order chi connectivity index (χ0) is 35.5. The summed E-state index contributed by atoms with van der Waals surface area (Å²) in [6.07, 6.45) is 10.0. The van der Waals surface area contributed by atoms with Crippen LogP contribution in [0, 0.1) is 29.1 Å². The van der Waals surface area contributed by atoms with Crippen LogP contribution in [0.1, 0.15) is 25.7 Å². The Morgan fingerprint density at radius 2 is 1.31 bits per heavy atom. The molecule has 0 unspecified atom stereocenters. The minimum atomic E-state index is -1.97. The molecule has 0 aromatic carbocycles.